The molecule has 8 rings (SSSR count). The highest BCUT2D eigenvalue weighted by molar-refractivity contribution is 6.19. The van der Waals surface area contributed by atoms with Crippen LogP contribution in [0.4, 0.5) is 17.1 Å². The van der Waals surface area contributed by atoms with Gasteiger partial charge in [0.05, 0.1) is 11.4 Å². The summed E-state index contributed by atoms with van der Waals surface area (Å²) in [7, 11) is 0. The second-order valence-corrected chi connectivity index (χ2v) is 9.37. The minimum absolute atomic E-state index is 0.863. The van der Waals surface area contributed by atoms with Gasteiger partial charge < -0.3 is 13.7 Å². The molecule has 2 aromatic heterocycles. The van der Waals surface area contributed by atoms with Crippen molar-refractivity contribution in [1.82, 2.24) is 0 Å². The normalized spacial score (nSPS) is 11.8. The zero-order valence-electron chi connectivity index (χ0n) is 19.9. The van der Waals surface area contributed by atoms with Crippen LogP contribution in [-0.4, -0.2) is 0 Å². The molecule has 0 unspecified atom stereocenters. The lowest BCUT2D eigenvalue weighted by atomic mass is 10.0. The Hall–Kier alpha value is -5.02. The first-order chi connectivity index (χ1) is 18.3. The molecule has 6 aromatic carbocycles. The number of fused-ring (bicyclic) bond motifs is 8. The Bertz CT molecular complexity index is 2100. The highest BCUT2D eigenvalue weighted by Gasteiger charge is 2.20. The summed E-state index contributed by atoms with van der Waals surface area (Å²) in [5.74, 6) is 0. The Morgan fingerprint density at radius 2 is 1.22 bits per heavy atom. The topological polar surface area (TPSA) is 29.5 Å². The number of nitrogens with zero attached hydrogens (tertiary/aromatic N) is 1. The summed E-state index contributed by atoms with van der Waals surface area (Å²) in [6.45, 7) is 0. The highest BCUT2D eigenvalue weighted by atomic mass is 16.3. The van der Waals surface area contributed by atoms with E-state index < -0.39 is 0 Å². The molecule has 0 aliphatic rings. The second-order valence-electron chi connectivity index (χ2n) is 9.37. The summed E-state index contributed by atoms with van der Waals surface area (Å²) in [5, 5.41) is 6.91. The first-order valence-corrected chi connectivity index (χ1v) is 12.4. The van der Waals surface area contributed by atoms with Crippen molar-refractivity contribution in [1.29, 1.82) is 0 Å². The Morgan fingerprint density at radius 1 is 0.432 bits per heavy atom. The van der Waals surface area contributed by atoms with Gasteiger partial charge in [-0.25, -0.2) is 0 Å². The molecule has 0 N–H and O–H groups in total. The maximum absolute atomic E-state index is 6.43. The summed E-state index contributed by atoms with van der Waals surface area (Å²) in [6.07, 6.45) is 0. The van der Waals surface area contributed by atoms with E-state index >= 15 is 0 Å². The van der Waals surface area contributed by atoms with E-state index in [2.05, 4.69) is 114 Å². The quantitative estimate of drug-likeness (QED) is 0.255. The number of para-hydroxylation sites is 3. The van der Waals surface area contributed by atoms with Crippen molar-refractivity contribution in [2.75, 3.05) is 4.90 Å². The number of hydrogen-bond acceptors (Lipinski definition) is 3. The van der Waals surface area contributed by atoms with Crippen molar-refractivity contribution in [3.63, 3.8) is 0 Å². The van der Waals surface area contributed by atoms with Gasteiger partial charge in [0.15, 0.2) is 5.58 Å². The second kappa shape index (κ2) is 7.74. The molecular weight excluding hydrogens is 454 g/mol. The third kappa shape index (κ3) is 3.01. The number of furan rings is 2. The zero-order valence-corrected chi connectivity index (χ0v) is 19.9. The third-order valence-electron chi connectivity index (χ3n) is 7.24. The van der Waals surface area contributed by atoms with E-state index in [1.807, 2.05) is 18.2 Å². The molecule has 0 spiro atoms. The fourth-order valence-corrected chi connectivity index (χ4v) is 5.59. The van der Waals surface area contributed by atoms with Crippen LogP contribution in [0, 0.1) is 0 Å². The Kier molecular flexibility index (Phi) is 4.23. The van der Waals surface area contributed by atoms with Crippen LogP contribution in [0.5, 0.6) is 0 Å². The fraction of sp³-hybridized carbons (Fsp3) is 0. The first kappa shape index (κ1) is 20.2. The lowest BCUT2D eigenvalue weighted by Gasteiger charge is -2.25. The van der Waals surface area contributed by atoms with Gasteiger partial charge in [0.25, 0.3) is 0 Å². The molecule has 3 heteroatoms. The average Bonchev–Trinajstić information content (AvgIpc) is 3.52. The number of benzene rings is 6. The molecule has 37 heavy (non-hydrogen) atoms. The molecule has 0 radical (unpaired) electrons. The van der Waals surface area contributed by atoms with E-state index in [1.54, 1.807) is 0 Å². The van der Waals surface area contributed by atoms with Gasteiger partial charge in [-0.3, -0.25) is 0 Å². The molecular formula is C34H21NO2. The molecule has 0 fully saturated rings. The predicted octanol–water partition coefficient (Wildman–Crippen LogP) is 10.1. The monoisotopic (exact) mass is 475 g/mol. The molecule has 0 aliphatic heterocycles. The van der Waals surface area contributed by atoms with E-state index in [9.17, 15) is 0 Å². The lowest BCUT2D eigenvalue weighted by Crippen LogP contribution is -2.09. The van der Waals surface area contributed by atoms with Crippen molar-refractivity contribution in [2.24, 2.45) is 0 Å². The molecule has 0 saturated carbocycles. The zero-order chi connectivity index (χ0) is 24.3. The van der Waals surface area contributed by atoms with Crippen molar-refractivity contribution in [3.8, 4) is 0 Å². The molecule has 174 valence electrons. The van der Waals surface area contributed by atoms with Crippen LogP contribution in [0.3, 0.4) is 0 Å². The molecule has 0 saturated heterocycles. The van der Waals surface area contributed by atoms with Crippen LogP contribution >= 0.6 is 0 Å². The van der Waals surface area contributed by atoms with E-state index in [0.717, 1.165) is 60.9 Å². The van der Waals surface area contributed by atoms with Gasteiger partial charge in [0, 0.05) is 33.3 Å². The summed E-state index contributed by atoms with van der Waals surface area (Å²) in [6, 6.07) is 44.1. The predicted molar refractivity (Wildman–Crippen MR) is 153 cm³/mol. The molecule has 3 nitrogen and oxygen atoms in total. The smallest absolute Gasteiger partial charge is 0.159 e. The molecule has 0 amide bonds. The molecule has 0 aliphatic carbocycles. The summed E-state index contributed by atoms with van der Waals surface area (Å²) >= 11 is 0. The van der Waals surface area contributed by atoms with Crippen LogP contribution in [0.2, 0.25) is 0 Å². The highest BCUT2D eigenvalue weighted by Crippen LogP contribution is 2.43. The Balaban J connectivity index is 1.40. The van der Waals surface area contributed by atoms with Crippen LogP contribution in [0.15, 0.2) is 136 Å². The van der Waals surface area contributed by atoms with E-state index in [-0.39, 0.29) is 0 Å². The molecule has 0 bridgehead atoms. The van der Waals surface area contributed by atoms with Gasteiger partial charge in [-0.1, -0.05) is 78.9 Å². The minimum atomic E-state index is 0.863. The molecule has 2 heterocycles. The fourth-order valence-electron chi connectivity index (χ4n) is 5.59. The summed E-state index contributed by atoms with van der Waals surface area (Å²) < 4.78 is 12.8. The maximum Gasteiger partial charge on any atom is 0.159 e. The Labute approximate surface area is 212 Å². The SMILES string of the molecule is c1ccc(N(c2ccc3c(c2)oc2ccc4ccccc4c23)c2cccc3c2oc2ccccc23)cc1. The van der Waals surface area contributed by atoms with Crippen molar-refractivity contribution in [3.05, 3.63) is 127 Å². The summed E-state index contributed by atoms with van der Waals surface area (Å²) in [4.78, 5) is 2.25. The maximum atomic E-state index is 6.43. The van der Waals surface area contributed by atoms with Crippen molar-refractivity contribution < 1.29 is 8.83 Å². The van der Waals surface area contributed by atoms with Gasteiger partial charge in [0.2, 0.25) is 0 Å². The van der Waals surface area contributed by atoms with Crippen LogP contribution in [0.1, 0.15) is 0 Å². The van der Waals surface area contributed by atoms with Crippen molar-refractivity contribution in [2.45, 2.75) is 0 Å². The summed E-state index contributed by atoms with van der Waals surface area (Å²) in [5.41, 5.74) is 6.56. The largest absolute Gasteiger partial charge is 0.456 e. The van der Waals surface area contributed by atoms with Gasteiger partial charge >= 0.3 is 0 Å². The first-order valence-electron chi connectivity index (χ1n) is 12.4. The van der Waals surface area contributed by atoms with Crippen molar-refractivity contribution >= 4 is 71.7 Å². The van der Waals surface area contributed by atoms with Gasteiger partial charge in [-0.2, -0.15) is 0 Å². The molecule has 8 aromatic rings. The number of anilines is 3. The minimum Gasteiger partial charge on any atom is -0.456 e. The van der Waals surface area contributed by atoms with Crippen LogP contribution in [0.25, 0.3) is 54.6 Å². The Morgan fingerprint density at radius 3 is 2.14 bits per heavy atom. The lowest BCUT2D eigenvalue weighted by molar-refractivity contribution is 0.667. The van der Waals surface area contributed by atoms with Crippen LogP contribution in [-0.2, 0) is 0 Å². The van der Waals surface area contributed by atoms with Gasteiger partial charge in [-0.05, 0) is 53.2 Å². The van der Waals surface area contributed by atoms with Gasteiger partial charge in [-0.15, -0.1) is 0 Å². The van der Waals surface area contributed by atoms with E-state index in [1.165, 1.54) is 10.8 Å². The third-order valence-corrected chi connectivity index (χ3v) is 7.24. The van der Waals surface area contributed by atoms with Gasteiger partial charge in [0.1, 0.15) is 16.7 Å². The number of rotatable bonds is 3. The average molecular weight is 476 g/mol. The van der Waals surface area contributed by atoms with E-state index in [0.29, 0.717) is 0 Å². The number of hydrogen-bond donors (Lipinski definition) is 0. The standard InChI is InChI=1S/C34H21NO2/c1-2-10-23(11-3-1)35(29-15-8-14-27-26-13-6-7-16-30(26)37-34(27)29)24-18-19-28-32(21-24)36-31-20-17-22-9-4-5-12-25(22)33(28)31/h1-21H. The molecule has 0 atom stereocenters. The van der Waals surface area contributed by atoms with Crippen LogP contribution < -0.4 is 4.90 Å². The van der Waals surface area contributed by atoms with E-state index in [4.69, 9.17) is 8.83 Å².